The van der Waals surface area contributed by atoms with Crippen molar-refractivity contribution in [3.8, 4) is 0 Å². The van der Waals surface area contributed by atoms with Gasteiger partial charge in [0.25, 0.3) is 5.69 Å². The Balaban J connectivity index is 2.04. The molecule has 6 nitrogen and oxygen atoms in total. The van der Waals surface area contributed by atoms with Crippen molar-refractivity contribution in [2.45, 2.75) is 6.54 Å². The van der Waals surface area contributed by atoms with Gasteiger partial charge in [0.05, 0.1) is 16.5 Å². The summed E-state index contributed by atoms with van der Waals surface area (Å²) in [4.78, 5) is 12.1. The third-order valence-electron chi connectivity index (χ3n) is 3.03. The number of nitro benzene ring substituents is 1. The highest BCUT2D eigenvalue weighted by molar-refractivity contribution is 6.33. The molecule has 0 radical (unpaired) electrons. The van der Waals surface area contributed by atoms with Gasteiger partial charge < -0.3 is 4.90 Å². The van der Waals surface area contributed by atoms with Crippen LogP contribution in [0.1, 0.15) is 5.56 Å². The van der Waals surface area contributed by atoms with Crippen LogP contribution in [0.15, 0.2) is 52.7 Å². The lowest BCUT2D eigenvalue weighted by Crippen LogP contribution is -2.08. The fourth-order valence-electron chi connectivity index (χ4n) is 1.78. The number of nitro groups is 1. The minimum absolute atomic E-state index is 0.0665. The van der Waals surface area contributed by atoms with Crippen molar-refractivity contribution in [2.75, 3.05) is 19.0 Å². The molecule has 0 aliphatic carbocycles. The Labute approximate surface area is 133 Å². The van der Waals surface area contributed by atoms with E-state index in [4.69, 9.17) is 11.6 Å². The van der Waals surface area contributed by atoms with Crippen LogP contribution < -0.4 is 4.90 Å². The molecule has 0 aliphatic rings. The molecule has 22 heavy (non-hydrogen) atoms. The maximum Gasteiger partial charge on any atom is 0.271 e. The first-order chi connectivity index (χ1) is 10.5. The molecule has 0 fully saturated rings. The Hall–Kier alpha value is -2.47. The second-order valence-corrected chi connectivity index (χ2v) is 5.26. The zero-order chi connectivity index (χ0) is 16.1. The highest BCUT2D eigenvalue weighted by Gasteiger charge is 2.08. The molecule has 7 heteroatoms. The number of hydrogen-bond donors (Lipinski definition) is 0. The van der Waals surface area contributed by atoms with E-state index in [2.05, 4.69) is 10.2 Å². The number of nitrogens with zero attached hydrogens (tertiary/aromatic N) is 4. The second-order valence-electron chi connectivity index (χ2n) is 4.85. The van der Waals surface area contributed by atoms with Crippen molar-refractivity contribution in [1.29, 1.82) is 0 Å². The number of benzene rings is 2. The van der Waals surface area contributed by atoms with Gasteiger partial charge in [0, 0.05) is 31.9 Å². The highest BCUT2D eigenvalue weighted by Crippen LogP contribution is 2.29. The number of azo groups is 1. The number of hydrogen-bond acceptors (Lipinski definition) is 5. The second kappa shape index (κ2) is 7.00. The average molecular weight is 319 g/mol. The van der Waals surface area contributed by atoms with Crippen molar-refractivity contribution in [1.82, 2.24) is 0 Å². The van der Waals surface area contributed by atoms with Gasteiger partial charge in [0.15, 0.2) is 0 Å². The molecule has 2 aromatic carbocycles. The molecule has 0 saturated heterocycles. The third-order valence-corrected chi connectivity index (χ3v) is 3.33. The molecule has 0 bridgehead atoms. The van der Waals surface area contributed by atoms with Crippen molar-refractivity contribution >= 4 is 28.7 Å². The molecule has 0 N–H and O–H groups in total. The largest absolute Gasteiger partial charge is 0.378 e. The van der Waals surface area contributed by atoms with Crippen LogP contribution in [0, 0.1) is 10.1 Å². The zero-order valence-electron chi connectivity index (χ0n) is 12.2. The first-order valence-corrected chi connectivity index (χ1v) is 6.93. The Morgan fingerprint density at radius 3 is 2.41 bits per heavy atom. The minimum atomic E-state index is -0.501. The van der Waals surface area contributed by atoms with Crippen LogP contribution in [0.5, 0.6) is 0 Å². The molecule has 0 aromatic heterocycles. The summed E-state index contributed by atoms with van der Waals surface area (Å²) >= 11 is 5.95. The monoisotopic (exact) mass is 318 g/mol. The molecule has 0 atom stereocenters. The van der Waals surface area contributed by atoms with Crippen molar-refractivity contribution in [3.05, 3.63) is 63.2 Å². The lowest BCUT2D eigenvalue weighted by molar-refractivity contribution is -0.384. The standard InChI is InChI=1S/C15H15ClN4O2/c1-19(2)12-5-3-11(4-6-12)10-17-18-15-8-7-13(20(21)22)9-14(15)16/h3-9H,10H2,1-2H3. The van der Waals surface area contributed by atoms with Gasteiger partial charge in [0.1, 0.15) is 5.69 Å². The van der Waals surface area contributed by atoms with Gasteiger partial charge in [-0.1, -0.05) is 23.7 Å². The van der Waals surface area contributed by atoms with E-state index in [1.165, 1.54) is 18.2 Å². The maximum absolute atomic E-state index is 10.6. The fourth-order valence-corrected chi connectivity index (χ4v) is 2.00. The van der Waals surface area contributed by atoms with E-state index in [0.717, 1.165) is 11.3 Å². The molecule has 0 saturated carbocycles. The highest BCUT2D eigenvalue weighted by atomic mass is 35.5. The molecule has 114 valence electrons. The topological polar surface area (TPSA) is 71.1 Å². The van der Waals surface area contributed by atoms with Crippen molar-refractivity contribution in [2.24, 2.45) is 10.2 Å². The summed E-state index contributed by atoms with van der Waals surface area (Å²) in [5.41, 5.74) is 2.48. The van der Waals surface area contributed by atoms with Crippen molar-refractivity contribution in [3.63, 3.8) is 0 Å². The predicted molar refractivity (Wildman–Crippen MR) is 87.1 cm³/mol. The van der Waals surface area contributed by atoms with Gasteiger partial charge in [-0.15, -0.1) is 0 Å². The summed E-state index contributed by atoms with van der Waals surface area (Å²) in [6.07, 6.45) is 0. The van der Waals surface area contributed by atoms with Crippen LogP contribution in [-0.2, 0) is 6.54 Å². The summed E-state index contributed by atoms with van der Waals surface area (Å²) in [6.45, 7) is 0.418. The van der Waals surface area contributed by atoms with Gasteiger partial charge in [-0.3, -0.25) is 10.1 Å². The smallest absolute Gasteiger partial charge is 0.271 e. The lowest BCUT2D eigenvalue weighted by Gasteiger charge is -2.11. The van der Waals surface area contributed by atoms with Crippen LogP contribution in [-0.4, -0.2) is 19.0 Å². The van der Waals surface area contributed by atoms with E-state index < -0.39 is 4.92 Å². The van der Waals surface area contributed by atoms with Crippen molar-refractivity contribution < 1.29 is 4.92 Å². The number of non-ortho nitro benzene ring substituents is 1. The van der Waals surface area contributed by atoms with Crippen LogP contribution in [0.3, 0.4) is 0 Å². The van der Waals surface area contributed by atoms with E-state index in [1.807, 2.05) is 43.3 Å². The first-order valence-electron chi connectivity index (χ1n) is 6.55. The summed E-state index contributed by atoms with van der Waals surface area (Å²) in [6, 6.07) is 12.1. The predicted octanol–water partition coefficient (Wildman–Crippen LogP) is 4.60. The summed E-state index contributed by atoms with van der Waals surface area (Å²) < 4.78 is 0. The molecule has 0 amide bonds. The Morgan fingerprint density at radius 2 is 1.86 bits per heavy atom. The number of anilines is 1. The zero-order valence-corrected chi connectivity index (χ0v) is 13.0. The minimum Gasteiger partial charge on any atom is -0.378 e. The molecule has 0 spiro atoms. The van der Waals surface area contributed by atoms with E-state index in [1.54, 1.807) is 0 Å². The van der Waals surface area contributed by atoms with Gasteiger partial charge in [0.2, 0.25) is 0 Å². The van der Waals surface area contributed by atoms with E-state index in [-0.39, 0.29) is 10.7 Å². The van der Waals surface area contributed by atoms with Crippen LogP contribution in [0.4, 0.5) is 17.1 Å². The summed E-state index contributed by atoms with van der Waals surface area (Å²) in [7, 11) is 3.95. The van der Waals surface area contributed by atoms with E-state index >= 15 is 0 Å². The van der Waals surface area contributed by atoms with Crippen LogP contribution in [0.25, 0.3) is 0 Å². The van der Waals surface area contributed by atoms with Gasteiger partial charge in [-0.05, 0) is 23.8 Å². The summed E-state index contributed by atoms with van der Waals surface area (Å²) in [5.74, 6) is 0. The van der Waals surface area contributed by atoms with Crippen LogP contribution >= 0.6 is 11.6 Å². The van der Waals surface area contributed by atoms with Gasteiger partial charge >= 0.3 is 0 Å². The first kappa shape index (κ1) is 15.9. The summed E-state index contributed by atoms with van der Waals surface area (Å²) in [5, 5.41) is 18.9. The average Bonchev–Trinajstić information content (AvgIpc) is 2.49. The molecule has 2 aromatic rings. The lowest BCUT2D eigenvalue weighted by atomic mass is 10.2. The molecule has 0 unspecified atom stereocenters. The normalized spacial score (nSPS) is 10.9. The Morgan fingerprint density at radius 1 is 1.18 bits per heavy atom. The van der Waals surface area contributed by atoms with E-state index in [0.29, 0.717) is 12.2 Å². The number of rotatable bonds is 5. The maximum atomic E-state index is 10.6. The fraction of sp³-hybridized carbons (Fsp3) is 0.200. The quantitative estimate of drug-likeness (QED) is 0.459. The van der Waals surface area contributed by atoms with Gasteiger partial charge in [-0.2, -0.15) is 10.2 Å². The Bertz CT molecular complexity index is 699. The van der Waals surface area contributed by atoms with Gasteiger partial charge in [-0.25, -0.2) is 0 Å². The molecule has 0 aliphatic heterocycles. The molecular formula is C15H15ClN4O2. The third kappa shape index (κ3) is 4.02. The molecular weight excluding hydrogens is 304 g/mol. The SMILES string of the molecule is CN(C)c1ccc(CN=Nc2ccc([N+](=O)[O-])cc2Cl)cc1. The van der Waals surface area contributed by atoms with Crippen LogP contribution in [0.2, 0.25) is 5.02 Å². The van der Waals surface area contributed by atoms with E-state index in [9.17, 15) is 10.1 Å². The molecule has 0 heterocycles. The number of halogens is 1. The molecule has 2 rings (SSSR count). The Kier molecular flexibility index (Phi) is 5.06.